The summed E-state index contributed by atoms with van der Waals surface area (Å²) < 4.78 is 62.7. The van der Waals surface area contributed by atoms with Crippen molar-refractivity contribution in [3.8, 4) is 0 Å². The van der Waals surface area contributed by atoms with Gasteiger partial charge in [0, 0.05) is 7.05 Å². The lowest BCUT2D eigenvalue weighted by Crippen LogP contribution is -2.29. The van der Waals surface area contributed by atoms with E-state index in [1.165, 1.54) is 7.05 Å². The zero-order valence-corrected chi connectivity index (χ0v) is 12.6. The van der Waals surface area contributed by atoms with Gasteiger partial charge >= 0.3 is 6.18 Å². The second-order valence-corrected chi connectivity index (χ2v) is 6.83. The Hall–Kier alpha value is -0.950. The fourth-order valence-corrected chi connectivity index (χ4v) is 3.22. The minimum Gasteiger partial charge on any atom is -0.272 e. The summed E-state index contributed by atoms with van der Waals surface area (Å²) in [5, 5.41) is -0.0411. The van der Waals surface area contributed by atoms with Crippen molar-refractivity contribution >= 4 is 27.3 Å². The summed E-state index contributed by atoms with van der Waals surface area (Å²) in [4.78, 5) is 0. The van der Waals surface area contributed by atoms with Gasteiger partial charge in [-0.05, 0) is 24.6 Å². The van der Waals surface area contributed by atoms with Gasteiger partial charge in [-0.2, -0.15) is 13.2 Å². The number of rotatable bonds is 5. The van der Waals surface area contributed by atoms with E-state index in [0.717, 1.165) is 22.5 Å². The Kier molecular flexibility index (Phi) is 5.32. The van der Waals surface area contributed by atoms with Gasteiger partial charge in [-0.15, -0.1) is 0 Å². The highest BCUT2D eigenvalue weighted by Gasteiger charge is 2.32. The highest BCUT2D eigenvalue weighted by Crippen LogP contribution is 2.35. The molecule has 20 heavy (non-hydrogen) atoms. The number of benzene rings is 1. The Labute approximate surface area is 121 Å². The average Bonchev–Trinajstić information content (AvgIpc) is 2.34. The van der Waals surface area contributed by atoms with E-state index in [4.69, 9.17) is 11.6 Å². The van der Waals surface area contributed by atoms with E-state index in [1.807, 2.05) is 6.92 Å². The van der Waals surface area contributed by atoms with Crippen LogP contribution in [0.2, 0.25) is 5.02 Å². The molecule has 0 aliphatic rings. The third-order valence-electron chi connectivity index (χ3n) is 2.79. The first kappa shape index (κ1) is 17.1. The third kappa shape index (κ3) is 4.02. The highest BCUT2D eigenvalue weighted by molar-refractivity contribution is 7.92. The molecule has 0 fully saturated rings. The molecule has 1 aromatic carbocycles. The number of unbranched alkanes of at least 4 members (excludes halogenated alkanes) is 1. The molecule has 3 nitrogen and oxygen atoms in total. The molecule has 0 heterocycles. The molecule has 1 rings (SSSR count). The molecule has 0 amide bonds. The zero-order chi connectivity index (χ0) is 15.6. The van der Waals surface area contributed by atoms with Crippen LogP contribution in [0.15, 0.2) is 18.2 Å². The van der Waals surface area contributed by atoms with Crippen molar-refractivity contribution in [1.29, 1.82) is 0 Å². The molecule has 0 aromatic heterocycles. The van der Waals surface area contributed by atoms with Gasteiger partial charge in [-0.1, -0.05) is 24.9 Å². The summed E-state index contributed by atoms with van der Waals surface area (Å²) in [5.41, 5.74) is -1.10. The molecular weight excluding hydrogens is 315 g/mol. The maximum Gasteiger partial charge on any atom is 0.416 e. The first-order valence-corrected chi connectivity index (χ1v) is 7.91. The van der Waals surface area contributed by atoms with Crippen LogP contribution in [0.3, 0.4) is 0 Å². The quantitative estimate of drug-likeness (QED) is 0.821. The van der Waals surface area contributed by atoms with E-state index < -0.39 is 21.8 Å². The number of anilines is 1. The van der Waals surface area contributed by atoms with Crippen molar-refractivity contribution < 1.29 is 21.6 Å². The number of hydrogen-bond acceptors (Lipinski definition) is 2. The van der Waals surface area contributed by atoms with Gasteiger partial charge in [0.25, 0.3) is 0 Å². The molecule has 0 spiro atoms. The molecule has 8 heteroatoms. The Morgan fingerprint density at radius 3 is 2.40 bits per heavy atom. The molecular formula is C12H15ClF3NO2S. The van der Waals surface area contributed by atoms with Gasteiger partial charge in [0.2, 0.25) is 10.0 Å². The van der Waals surface area contributed by atoms with Crippen LogP contribution in [0, 0.1) is 0 Å². The number of sulfonamides is 1. The van der Waals surface area contributed by atoms with Gasteiger partial charge in [0.1, 0.15) is 0 Å². The molecule has 1 aromatic rings. The molecule has 0 unspecified atom stereocenters. The first-order chi connectivity index (χ1) is 9.09. The van der Waals surface area contributed by atoms with Crippen molar-refractivity contribution in [2.75, 3.05) is 17.1 Å². The number of nitrogens with zero attached hydrogens (tertiary/aromatic N) is 1. The van der Waals surface area contributed by atoms with Gasteiger partial charge < -0.3 is 0 Å². The number of alkyl halides is 3. The van der Waals surface area contributed by atoms with Gasteiger partial charge in [-0.3, -0.25) is 4.31 Å². The standard InChI is InChI=1S/C12H15ClF3NO2S/c1-3-4-7-20(18,19)17(2)11-8-9(12(14,15)16)5-6-10(11)13/h5-6,8H,3-4,7H2,1-2H3. The molecule has 0 radical (unpaired) electrons. The van der Waals surface area contributed by atoms with E-state index in [-0.39, 0.29) is 16.5 Å². The third-order valence-corrected chi connectivity index (χ3v) is 4.94. The Bertz CT molecular complexity index is 573. The summed E-state index contributed by atoms with van der Waals surface area (Å²) in [6.07, 6.45) is -3.44. The lowest BCUT2D eigenvalue weighted by Gasteiger charge is -2.21. The van der Waals surface area contributed by atoms with Crippen molar-refractivity contribution in [2.45, 2.75) is 25.9 Å². The molecule has 0 aliphatic carbocycles. The molecule has 0 saturated heterocycles. The predicted octanol–water partition coefficient (Wildman–Crippen LogP) is 3.92. The summed E-state index contributed by atoms with van der Waals surface area (Å²) in [6.45, 7) is 1.83. The van der Waals surface area contributed by atoms with Crippen molar-refractivity contribution in [2.24, 2.45) is 0 Å². The summed E-state index contributed by atoms with van der Waals surface area (Å²) in [7, 11) is -2.48. The largest absolute Gasteiger partial charge is 0.416 e. The molecule has 114 valence electrons. The topological polar surface area (TPSA) is 37.4 Å². The number of halogens is 4. The Balaban J connectivity index is 3.19. The monoisotopic (exact) mass is 329 g/mol. The molecule has 0 bridgehead atoms. The van der Waals surface area contributed by atoms with Crippen LogP contribution >= 0.6 is 11.6 Å². The summed E-state index contributed by atoms with van der Waals surface area (Å²) >= 11 is 5.81. The Morgan fingerprint density at radius 2 is 1.90 bits per heavy atom. The fraction of sp³-hybridized carbons (Fsp3) is 0.500. The van der Waals surface area contributed by atoms with E-state index in [9.17, 15) is 21.6 Å². The summed E-state index contributed by atoms with van der Waals surface area (Å²) in [6, 6.07) is 2.61. The second kappa shape index (κ2) is 6.22. The van der Waals surface area contributed by atoms with Gasteiger partial charge in [-0.25, -0.2) is 8.42 Å². The van der Waals surface area contributed by atoms with Crippen LogP contribution in [-0.4, -0.2) is 21.2 Å². The van der Waals surface area contributed by atoms with Crippen LogP contribution in [0.4, 0.5) is 18.9 Å². The van der Waals surface area contributed by atoms with E-state index in [0.29, 0.717) is 12.8 Å². The number of hydrogen-bond donors (Lipinski definition) is 0. The first-order valence-electron chi connectivity index (χ1n) is 5.93. The van der Waals surface area contributed by atoms with E-state index in [1.54, 1.807) is 0 Å². The molecule has 0 saturated carbocycles. The lowest BCUT2D eigenvalue weighted by molar-refractivity contribution is -0.137. The predicted molar refractivity (Wildman–Crippen MR) is 73.6 cm³/mol. The zero-order valence-electron chi connectivity index (χ0n) is 11.0. The van der Waals surface area contributed by atoms with E-state index in [2.05, 4.69) is 0 Å². The normalized spacial score (nSPS) is 12.5. The van der Waals surface area contributed by atoms with Crippen molar-refractivity contribution in [3.05, 3.63) is 28.8 Å². The smallest absolute Gasteiger partial charge is 0.272 e. The lowest BCUT2D eigenvalue weighted by atomic mass is 10.2. The maximum atomic E-state index is 12.7. The van der Waals surface area contributed by atoms with Crippen LogP contribution in [0.5, 0.6) is 0 Å². The molecule has 0 aliphatic heterocycles. The molecule has 0 N–H and O–H groups in total. The second-order valence-electron chi connectivity index (χ2n) is 4.30. The van der Waals surface area contributed by atoms with Gasteiger partial charge in [0.15, 0.2) is 0 Å². The van der Waals surface area contributed by atoms with Crippen LogP contribution in [0.1, 0.15) is 25.3 Å². The Morgan fingerprint density at radius 1 is 1.30 bits per heavy atom. The van der Waals surface area contributed by atoms with Crippen molar-refractivity contribution in [1.82, 2.24) is 0 Å². The van der Waals surface area contributed by atoms with Crippen LogP contribution in [0.25, 0.3) is 0 Å². The highest BCUT2D eigenvalue weighted by atomic mass is 35.5. The SMILES string of the molecule is CCCCS(=O)(=O)N(C)c1cc(C(F)(F)F)ccc1Cl. The minimum atomic E-state index is -4.55. The van der Waals surface area contributed by atoms with E-state index >= 15 is 0 Å². The van der Waals surface area contributed by atoms with Crippen LogP contribution < -0.4 is 4.31 Å². The molecule has 0 atom stereocenters. The fourth-order valence-electron chi connectivity index (χ4n) is 1.54. The van der Waals surface area contributed by atoms with Crippen molar-refractivity contribution in [3.63, 3.8) is 0 Å². The van der Waals surface area contributed by atoms with Gasteiger partial charge in [0.05, 0.1) is 22.0 Å². The summed E-state index contributed by atoms with van der Waals surface area (Å²) in [5.74, 6) is -0.132. The van der Waals surface area contributed by atoms with Crippen LogP contribution in [-0.2, 0) is 16.2 Å². The average molecular weight is 330 g/mol. The maximum absolute atomic E-state index is 12.7. The minimum absolute atomic E-state index is 0.0411.